The first-order chi connectivity index (χ1) is 17.6. The topological polar surface area (TPSA) is 116 Å². The number of nitrogens with two attached hydrogens (primary N) is 2. The van der Waals surface area contributed by atoms with Crippen molar-refractivity contribution in [1.29, 1.82) is 0 Å². The Balaban J connectivity index is 1.24. The molecule has 4 atom stereocenters. The Kier molecular flexibility index (Phi) is 7.62. The average molecular weight is 492 g/mol. The Bertz CT molecular complexity index is 1180. The van der Waals surface area contributed by atoms with Gasteiger partial charge in [-0.1, -0.05) is 31.9 Å². The van der Waals surface area contributed by atoms with Gasteiger partial charge in [0.25, 0.3) is 0 Å². The third kappa shape index (κ3) is 5.30. The maximum atomic E-state index is 6.17. The Hall–Kier alpha value is -2.84. The van der Waals surface area contributed by atoms with Gasteiger partial charge in [-0.25, -0.2) is 4.98 Å². The molecule has 0 spiro atoms. The lowest BCUT2D eigenvalue weighted by Gasteiger charge is -2.37. The number of unbranched alkanes of at least 4 members (excludes halogenated alkanes) is 2. The van der Waals surface area contributed by atoms with Gasteiger partial charge in [0.05, 0.1) is 19.2 Å². The molecule has 3 aromatic rings. The molecule has 0 amide bonds. The van der Waals surface area contributed by atoms with Crippen molar-refractivity contribution in [3.8, 4) is 5.75 Å². The van der Waals surface area contributed by atoms with Gasteiger partial charge in [0.1, 0.15) is 11.3 Å². The summed E-state index contributed by atoms with van der Waals surface area (Å²) < 4.78 is 7.97. The minimum absolute atomic E-state index is 0.292. The third-order valence-electron chi connectivity index (χ3n) is 8.13. The van der Waals surface area contributed by atoms with Crippen LogP contribution in [0.4, 0.5) is 11.8 Å². The van der Waals surface area contributed by atoms with Crippen LogP contribution >= 0.6 is 0 Å². The van der Waals surface area contributed by atoms with Gasteiger partial charge in [0.15, 0.2) is 5.82 Å². The van der Waals surface area contributed by atoms with Gasteiger partial charge in [-0.2, -0.15) is 4.98 Å². The van der Waals surface area contributed by atoms with Crippen molar-refractivity contribution in [2.45, 2.75) is 64.6 Å². The first-order valence-corrected chi connectivity index (χ1v) is 13.5. The molecule has 0 radical (unpaired) electrons. The molecule has 2 aliphatic carbocycles. The zero-order valence-electron chi connectivity index (χ0n) is 21.7. The van der Waals surface area contributed by atoms with E-state index in [2.05, 4.69) is 50.3 Å². The molecule has 8 heteroatoms. The maximum Gasteiger partial charge on any atom is 0.222 e. The number of hydrogen-bond donors (Lipinski definition) is 4. The highest BCUT2D eigenvalue weighted by Gasteiger charge is 2.45. The lowest BCUT2D eigenvalue weighted by Crippen LogP contribution is -2.44. The summed E-state index contributed by atoms with van der Waals surface area (Å²) >= 11 is 0. The van der Waals surface area contributed by atoms with Crippen molar-refractivity contribution < 1.29 is 4.74 Å². The number of rotatable bonds is 12. The molecule has 2 fully saturated rings. The smallest absolute Gasteiger partial charge is 0.222 e. The van der Waals surface area contributed by atoms with E-state index in [-0.39, 0.29) is 0 Å². The van der Waals surface area contributed by atoms with E-state index in [9.17, 15) is 0 Å². The highest BCUT2D eigenvalue weighted by atomic mass is 16.5. The molecular formula is C28H41N7O. The van der Waals surface area contributed by atoms with Crippen molar-refractivity contribution in [2.24, 2.45) is 23.5 Å². The van der Waals surface area contributed by atoms with Crippen LogP contribution < -0.4 is 26.8 Å². The number of fused-ring (bicyclic) bond motifs is 2. The normalized spacial score (nSPS) is 23.0. The molecule has 194 valence electrons. The molecule has 8 nitrogen and oxygen atoms in total. The van der Waals surface area contributed by atoms with Crippen molar-refractivity contribution in [3.05, 3.63) is 41.6 Å². The van der Waals surface area contributed by atoms with Crippen LogP contribution in [0.25, 0.3) is 11.0 Å². The Morgan fingerprint density at radius 2 is 2.03 bits per heavy atom. The van der Waals surface area contributed by atoms with E-state index >= 15 is 0 Å². The van der Waals surface area contributed by atoms with Crippen LogP contribution in [0.3, 0.4) is 0 Å². The minimum Gasteiger partial charge on any atom is -0.496 e. The van der Waals surface area contributed by atoms with Crippen LogP contribution in [0.15, 0.2) is 30.5 Å². The SMILES string of the molecule is CCCCCNc1nc(N)nc2ccn(Cc3ccc(CNCC4CC5CC(N)C5C4)cc3OC)c12. The number of benzene rings is 1. The second-order valence-corrected chi connectivity index (χ2v) is 10.7. The number of aromatic nitrogens is 3. The number of anilines is 2. The Morgan fingerprint density at radius 1 is 1.14 bits per heavy atom. The third-order valence-corrected chi connectivity index (χ3v) is 8.13. The summed E-state index contributed by atoms with van der Waals surface area (Å²) in [6.07, 6.45) is 9.37. The zero-order chi connectivity index (χ0) is 25.1. The molecule has 2 heterocycles. The number of nitrogens with zero attached hydrogens (tertiary/aromatic N) is 3. The highest BCUT2D eigenvalue weighted by Crippen LogP contribution is 2.48. The van der Waals surface area contributed by atoms with Crippen LogP contribution in [0.2, 0.25) is 0 Å². The fraction of sp³-hybridized carbons (Fsp3) is 0.571. The summed E-state index contributed by atoms with van der Waals surface area (Å²) in [6.45, 7) is 5.65. The molecule has 2 aromatic heterocycles. The van der Waals surface area contributed by atoms with E-state index in [0.717, 1.165) is 72.0 Å². The summed E-state index contributed by atoms with van der Waals surface area (Å²) in [4.78, 5) is 8.94. The average Bonchev–Trinajstić information content (AvgIpc) is 3.42. The van der Waals surface area contributed by atoms with E-state index in [4.69, 9.17) is 16.2 Å². The molecule has 4 unspecified atom stereocenters. The van der Waals surface area contributed by atoms with Crippen molar-refractivity contribution in [2.75, 3.05) is 31.2 Å². The van der Waals surface area contributed by atoms with E-state index in [1.165, 1.54) is 37.7 Å². The summed E-state index contributed by atoms with van der Waals surface area (Å²) in [6, 6.07) is 8.97. The van der Waals surface area contributed by atoms with Crippen molar-refractivity contribution in [3.63, 3.8) is 0 Å². The molecule has 2 saturated carbocycles. The molecule has 36 heavy (non-hydrogen) atoms. The minimum atomic E-state index is 0.292. The predicted molar refractivity (Wildman–Crippen MR) is 146 cm³/mol. The van der Waals surface area contributed by atoms with Gasteiger partial charge in [-0.3, -0.25) is 0 Å². The molecular weight excluding hydrogens is 450 g/mol. The lowest BCUT2D eigenvalue weighted by atomic mass is 9.72. The van der Waals surface area contributed by atoms with Gasteiger partial charge in [-0.05, 0) is 67.7 Å². The summed E-state index contributed by atoms with van der Waals surface area (Å²) in [5.74, 6) is 4.40. The number of nitrogen functional groups attached to an aromatic ring is 1. The summed E-state index contributed by atoms with van der Waals surface area (Å²) in [7, 11) is 1.74. The van der Waals surface area contributed by atoms with Gasteiger partial charge in [-0.15, -0.1) is 0 Å². The second kappa shape index (κ2) is 11.0. The van der Waals surface area contributed by atoms with Gasteiger partial charge >= 0.3 is 0 Å². The Labute approximate surface area is 214 Å². The standard InChI is InChI=1S/C28H41N7O/c1-3-4-5-9-32-27-26-24(33-28(30)34-27)8-10-35(26)17-20-7-6-18(13-25(20)36-2)15-31-16-19-11-21-14-23(29)22(21)12-19/h6-8,10,13,19,21-23,31H,3-5,9,11-12,14-17,29H2,1-2H3,(H3,30,32,33,34). The quantitative estimate of drug-likeness (QED) is 0.281. The van der Waals surface area contributed by atoms with Gasteiger partial charge in [0, 0.05) is 30.9 Å². The number of hydrogen-bond acceptors (Lipinski definition) is 7. The molecule has 2 aliphatic rings. The highest BCUT2D eigenvalue weighted by molar-refractivity contribution is 5.87. The first-order valence-electron chi connectivity index (χ1n) is 13.5. The monoisotopic (exact) mass is 491 g/mol. The number of methoxy groups -OCH3 is 1. The van der Waals surface area contributed by atoms with Crippen molar-refractivity contribution in [1.82, 2.24) is 19.9 Å². The molecule has 0 aliphatic heterocycles. The first kappa shape index (κ1) is 24.8. The largest absolute Gasteiger partial charge is 0.496 e. The predicted octanol–water partition coefficient (Wildman–Crippen LogP) is 4.14. The fourth-order valence-electron chi connectivity index (χ4n) is 6.16. The fourth-order valence-corrected chi connectivity index (χ4v) is 6.16. The molecule has 0 saturated heterocycles. The van der Waals surface area contributed by atoms with E-state index < -0.39 is 0 Å². The molecule has 0 bridgehead atoms. The maximum absolute atomic E-state index is 6.17. The number of ether oxygens (including phenoxy) is 1. The van der Waals surface area contributed by atoms with Crippen LogP contribution in [0.5, 0.6) is 5.75 Å². The summed E-state index contributed by atoms with van der Waals surface area (Å²) in [5.41, 5.74) is 16.3. The number of nitrogens with one attached hydrogen (secondary N) is 2. The van der Waals surface area contributed by atoms with Crippen LogP contribution in [0, 0.1) is 17.8 Å². The molecule has 6 N–H and O–H groups in total. The van der Waals surface area contributed by atoms with E-state index in [0.29, 0.717) is 18.5 Å². The lowest BCUT2D eigenvalue weighted by molar-refractivity contribution is 0.173. The van der Waals surface area contributed by atoms with Crippen molar-refractivity contribution >= 4 is 22.8 Å². The van der Waals surface area contributed by atoms with Gasteiger partial charge < -0.3 is 31.4 Å². The Morgan fingerprint density at radius 3 is 2.81 bits per heavy atom. The van der Waals surface area contributed by atoms with Gasteiger partial charge in [0.2, 0.25) is 5.95 Å². The zero-order valence-corrected chi connectivity index (χ0v) is 21.7. The van der Waals surface area contributed by atoms with E-state index in [1.807, 2.05) is 12.3 Å². The summed E-state index contributed by atoms with van der Waals surface area (Å²) in [5, 5.41) is 7.14. The van der Waals surface area contributed by atoms with Crippen LogP contribution in [-0.4, -0.2) is 40.8 Å². The van der Waals surface area contributed by atoms with Crippen LogP contribution in [-0.2, 0) is 13.1 Å². The van der Waals surface area contributed by atoms with E-state index in [1.54, 1.807) is 7.11 Å². The molecule has 5 rings (SSSR count). The molecule has 1 aromatic carbocycles. The van der Waals surface area contributed by atoms with Crippen LogP contribution in [0.1, 0.15) is 56.6 Å². The second-order valence-electron chi connectivity index (χ2n) is 10.7.